The predicted molar refractivity (Wildman–Crippen MR) is 60.0 cm³/mol. The Hall–Kier alpha value is -0.730. The van der Waals surface area contributed by atoms with Crippen LogP contribution in [0.3, 0.4) is 0 Å². The summed E-state index contributed by atoms with van der Waals surface area (Å²) in [5.41, 5.74) is 6.88. The highest BCUT2D eigenvalue weighted by molar-refractivity contribution is 6.32. The first-order valence-electron chi connectivity index (χ1n) is 4.71. The van der Waals surface area contributed by atoms with Crippen LogP contribution >= 0.6 is 11.6 Å². The standard InChI is InChI=1S/C11H16ClNO/c1-8(13)3-4-9-5-6-11(14-2)10(12)7-9/h5-8H,3-4,13H2,1-2H3/t8-/m1/s1. The van der Waals surface area contributed by atoms with Gasteiger partial charge < -0.3 is 10.5 Å². The minimum absolute atomic E-state index is 0.232. The van der Waals surface area contributed by atoms with E-state index in [0.717, 1.165) is 18.6 Å². The van der Waals surface area contributed by atoms with Crippen molar-refractivity contribution in [3.63, 3.8) is 0 Å². The van der Waals surface area contributed by atoms with E-state index in [9.17, 15) is 0 Å². The molecule has 2 N–H and O–H groups in total. The molecule has 1 aromatic rings. The second-order valence-corrected chi connectivity index (χ2v) is 3.89. The largest absolute Gasteiger partial charge is 0.495 e. The fourth-order valence-electron chi connectivity index (χ4n) is 1.26. The van der Waals surface area contributed by atoms with Crippen LogP contribution in [-0.2, 0) is 6.42 Å². The summed E-state index contributed by atoms with van der Waals surface area (Å²) < 4.78 is 5.07. The minimum atomic E-state index is 0.232. The number of aryl methyl sites for hydroxylation is 1. The fraction of sp³-hybridized carbons (Fsp3) is 0.455. The lowest BCUT2D eigenvalue weighted by atomic mass is 10.1. The second-order valence-electron chi connectivity index (χ2n) is 3.48. The molecule has 1 atom stereocenters. The third-order valence-electron chi connectivity index (χ3n) is 2.10. The van der Waals surface area contributed by atoms with Crippen LogP contribution in [0.5, 0.6) is 5.75 Å². The minimum Gasteiger partial charge on any atom is -0.495 e. The maximum Gasteiger partial charge on any atom is 0.137 e. The zero-order valence-electron chi connectivity index (χ0n) is 8.59. The van der Waals surface area contributed by atoms with Crippen molar-refractivity contribution in [3.8, 4) is 5.75 Å². The molecule has 0 aliphatic rings. The van der Waals surface area contributed by atoms with Crippen LogP contribution in [0.15, 0.2) is 18.2 Å². The van der Waals surface area contributed by atoms with Crippen LogP contribution in [-0.4, -0.2) is 13.2 Å². The van der Waals surface area contributed by atoms with Crippen LogP contribution in [0, 0.1) is 0 Å². The molecular weight excluding hydrogens is 198 g/mol. The molecule has 0 fully saturated rings. The van der Waals surface area contributed by atoms with Gasteiger partial charge in [-0.3, -0.25) is 0 Å². The van der Waals surface area contributed by atoms with Gasteiger partial charge in [0.2, 0.25) is 0 Å². The molecule has 3 heteroatoms. The number of hydrogen-bond donors (Lipinski definition) is 1. The van der Waals surface area contributed by atoms with Gasteiger partial charge in [0.15, 0.2) is 0 Å². The molecule has 1 aromatic carbocycles. The highest BCUT2D eigenvalue weighted by Gasteiger charge is 2.02. The quantitative estimate of drug-likeness (QED) is 0.835. The Kier molecular flexibility index (Phi) is 4.23. The van der Waals surface area contributed by atoms with Gasteiger partial charge >= 0.3 is 0 Å². The van der Waals surface area contributed by atoms with E-state index in [4.69, 9.17) is 22.1 Å². The molecule has 0 aliphatic heterocycles. The zero-order valence-corrected chi connectivity index (χ0v) is 9.34. The Labute approximate surface area is 90.0 Å². The molecule has 0 saturated heterocycles. The van der Waals surface area contributed by atoms with Crippen molar-refractivity contribution in [2.75, 3.05) is 7.11 Å². The Balaban J connectivity index is 2.66. The SMILES string of the molecule is COc1ccc(CC[C@@H](C)N)cc1Cl. The number of benzene rings is 1. The summed E-state index contributed by atoms with van der Waals surface area (Å²) >= 11 is 5.99. The van der Waals surface area contributed by atoms with Crippen LogP contribution < -0.4 is 10.5 Å². The van der Waals surface area contributed by atoms with Gasteiger partial charge in [-0.2, -0.15) is 0 Å². The molecule has 0 unspecified atom stereocenters. The number of hydrogen-bond acceptors (Lipinski definition) is 2. The normalized spacial score (nSPS) is 12.6. The molecule has 0 aliphatic carbocycles. The number of rotatable bonds is 4. The van der Waals surface area contributed by atoms with Gasteiger partial charge in [0, 0.05) is 6.04 Å². The number of ether oxygens (including phenoxy) is 1. The highest BCUT2D eigenvalue weighted by Crippen LogP contribution is 2.25. The Morgan fingerprint density at radius 3 is 2.71 bits per heavy atom. The van der Waals surface area contributed by atoms with E-state index in [-0.39, 0.29) is 6.04 Å². The summed E-state index contributed by atoms with van der Waals surface area (Å²) in [5.74, 6) is 0.719. The third-order valence-corrected chi connectivity index (χ3v) is 2.40. The molecule has 0 spiro atoms. The first kappa shape index (κ1) is 11.3. The molecule has 2 nitrogen and oxygen atoms in total. The van der Waals surface area contributed by atoms with E-state index >= 15 is 0 Å². The van der Waals surface area contributed by atoms with E-state index in [1.807, 2.05) is 25.1 Å². The van der Waals surface area contributed by atoms with Crippen molar-refractivity contribution in [2.45, 2.75) is 25.8 Å². The Morgan fingerprint density at radius 1 is 1.50 bits per heavy atom. The third kappa shape index (κ3) is 3.20. The monoisotopic (exact) mass is 213 g/mol. The van der Waals surface area contributed by atoms with Gasteiger partial charge in [-0.15, -0.1) is 0 Å². The number of halogens is 1. The first-order chi connectivity index (χ1) is 6.63. The molecule has 14 heavy (non-hydrogen) atoms. The number of nitrogens with two attached hydrogens (primary N) is 1. The summed E-state index contributed by atoms with van der Waals surface area (Å²) in [6, 6.07) is 6.07. The van der Waals surface area contributed by atoms with Crippen LogP contribution in [0.4, 0.5) is 0 Å². The smallest absolute Gasteiger partial charge is 0.137 e. The van der Waals surface area contributed by atoms with Gasteiger partial charge in [-0.05, 0) is 37.5 Å². The maximum absolute atomic E-state index is 5.99. The van der Waals surface area contributed by atoms with Gasteiger partial charge in [0.25, 0.3) is 0 Å². The van der Waals surface area contributed by atoms with Crippen molar-refractivity contribution >= 4 is 11.6 Å². The molecule has 0 aromatic heterocycles. The summed E-state index contributed by atoms with van der Waals surface area (Å²) in [5, 5.41) is 0.662. The summed E-state index contributed by atoms with van der Waals surface area (Å²) in [6.07, 6.45) is 1.93. The van der Waals surface area contributed by atoms with Crippen molar-refractivity contribution in [1.29, 1.82) is 0 Å². The van der Waals surface area contributed by atoms with Crippen molar-refractivity contribution in [1.82, 2.24) is 0 Å². The molecule has 78 valence electrons. The van der Waals surface area contributed by atoms with E-state index in [1.54, 1.807) is 7.11 Å². The van der Waals surface area contributed by atoms with Gasteiger partial charge in [0.05, 0.1) is 12.1 Å². The summed E-state index contributed by atoms with van der Waals surface area (Å²) in [4.78, 5) is 0. The molecular formula is C11H16ClNO. The van der Waals surface area contributed by atoms with Crippen molar-refractivity contribution in [3.05, 3.63) is 28.8 Å². The van der Waals surface area contributed by atoms with Crippen molar-refractivity contribution in [2.24, 2.45) is 5.73 Å². The van der Waals surface area contributed by atoms with Gasteiger partial charge in [-0.1, -0.05) is 17.7 Å². The van der Waals surface area contributed by atoms with Crippen LogP contribution in [0.25, 0.3) is 0 Å². The van der Waals surface area contributed by atoms with Gasteiger partial charge in [0.1, 0.15) is 5.75 Å². The second kappa shape index (κ2) is 5.23. The van der Waals surface area contributed by atoms with Crippen LogP contribution in [0.1, 0.15) is 18.9 Å². The van der Waals surface area contributed by atoms with Crippen LogP contribution in [0.2, 0.25) is 5.02 Å². The summed E-state index contributed by atoms with van der Waals surface area (Å²) in [7, 11) is 1.61. The van der Waals surface area contributed by atoms with Crippen molar-refractivity contribution < 1.29 is 4.74 Å². The Bertz CT molecular complexity index is 299. The first-order valence-corrected chi connectivity index (χ1v) is 5.09. The summed E-state index contributed by atoms with van der Waals surface area (Å²) in [6.45, 7) is 2.01. The van der Waals surface area contributed by atoms with Gasteiger partial charge in [-0.25, -0.2) is 0 Å². The topological polar surface area (TPSA) is 35.2 Å². The Morgan fingerprint density at radius 2 is 2.21 bits per heavy atom. The lowest BCUT2D eigenvalue weighted by Crippen LogP contribution is -2.15. The van der Waals surface area contributed by atoms with E-state index in [2.05, 4.69) is 0 Å². The van der Waals surface area contributed by atoms with E-state index in [1.165, 1.54) is 5.56 Å². The molecule has 0 bridgehead atoms. The fourth-order valence-corrected chi connectivity index (χ4v) is 1.54. The predicted octanol–water partition coefficient (Wildman–Crippen LogP) is 2.63. The molecule has 1 rings (SSSR count). The molecule has 0 heterocycles. The molecule has 0 amide bonds. The lowest BCUT2D eigenvalue weighted by Gasteiger charge is -2.07. The molecule has 0 radical (unpaired) electrons. The zero-order chi connectivity index (χ0) is 10.6. The van der Waals surface area contributed by atoms with E-state index in [0.29, 0.717) is 5.02 Å². The van der Waals surface area contributed by atoms with E-state index < -0.39 is 0 Å². The average molecular weight is 214 g/mol. The maximum atomic E-state index is 5.99. The average Bonchev–Trinajstić information content (AvgIpc) is 2.15. The molecule has 0 saturated carbocycles. The number of methoxy groups -OCH3 is 1. The highest BCUT2D eigenvalue weighted by atomic mass is 35.5. The lowest BCUT2D eigenvalue weighted by molar-refractivity contribution is 0.415.